The predicted octanol–water partition coefficient (Wildman–Crippen LogP) is 4.13. The summed E-state index contributed by atoms with van der Waals surface area (Å²) in [5.74, 6) is 1.48. The van der Waals surface area contributed by atoms with E-state index >= 15 is 0 Å². The van der Waals surface area contributed by atoms with Crippen molar-refractivity contribution >= 4 is 15.9 Å². The van der Waals surface area contributed by atoms with Gasteiger partial charge in [0.25, 0.3) is 0 Å². The Hall–Kier alpha value is -1.35. The van der Waals surface area contributed by atoms with Crippen molar-refractivity contribution in [3.05, 3.63) is 52.1 Å². The number of ether oxygens (including phenoxy) is 1. The van der Waals surface area contributed by atoms with Crippen molar-refractivity contribution < 1.29 is 4.74 Å². The molecule has 17 heavy (non-hydrogen) atoms. The molecule has 3 rings (SSSR count). The van der Waals surface area contributed by atoms with E-state index in [1.807, 2.05) is 18.2 Å². The van der Waals surface area contributed by atoms with E-state index in [0.29, 0.717) is 5.88 Å². The Morgan fingerprint density at radius 2 is 2.00 bits per heavy atom. The molecule has 86 valence electrons. The summed E-state index contributed by atoms with van der Waals surface area (Å²) in [5, 5.41) is 0. The molecule has 0 aliphatic heterocycles. The molecule has 0 radical (unpaired) electrons. The van der Waals surface area contributed by atoms with Crippen LogP contribution in [0.15, 0.2) is 41.0 Å². The molecule has 0 unspecified atom stereocenters. The minimum absolute atomic E-state index is 0.616. The molecule has 0 saturated heterocycles. The number of halogens is 1. The first-order valence-electron chi connectivity index (χ1n) is 5.73. The minimum Gasteiger partial charge on any atom is -0.438 e. The predicted molar refractivity (Wildman–Crippen MR) is 70.5 cm³/mol. The number of rotatable bonds is 2. The van der Waals surface area contributed by atoms with Crippen molar-refractivity contribution in [2.24, 2.45) is 0 Å². The zero-order chi connectivity index (χ0) is 11.7. The molecule has 1 aromatic heterocycles. The van der Waals surface area contributed by atoms with Crippen molar-refractivity contribution in [3.63, 3.8) is 0 Å². The van der Waals surface area contributed by atoms with Crippen molar-refractivity contribution in [2.45, 2.75) is 19.3 Å². The summed E-state index contributed by atoms with van der Waals surface area (Å²) in [4.78, 5) is 4.20. The fourth-order valence-corrected chi connectivity index (χ4v) is 2.51. The first kappa shape index (κ1) is 10.8. The molecule has 0 amide bonds. The number of pyridine rings is 1. The van der Waals surface area contributed by atoms with E-state index in [1.165, 1.54) is 24.0 Å². The third kappa shape index (κ3) is 2.20. The van der Waals surface area contributed by atoms with E-state index in [4.69, 9.17) is 4.74 Å². The van der Waals surface area contributed by atoms with E-state index in [2.05, 4.69) is 33.0 Å². The lowest BCUT2D eigenvalue weighted by molar-refractivity contribution is 0.459. The summed E-state index contributed by atoms with van der Waals surface area (Å²) >= 11 is 3.43. The normalized spacial score (nSPS) is 13.5. The second kappa shape index (κ2) is 4.49. The van der Waals surface area contributed by atoms with Gasteiger partial charge in [-0.05, 0) is 70.6 Å². The fraction of sp³-hybridized carbons (Fsp3) is 0.214. The Balaban J connectivity index is 1.89. The van der Waals surface area contributed by atoms with Crippen LogP contribution in [-0.2, 0) is 12.8 Å². The van der Waals surface area contributed by atoms with Gasteiger partial charge in [-0.25, -0.2) is 4.98 Å². The van der Waals surface area contributed by atoms with Gasteiger partial charge in [0.15, 0.2) is 0 Å². The molecular weight excluding hydrogens is 278 g/mol. The van der Waals surface area contributed by atoms with Gasteiger partial charge in [0.2, 0.25) is 5.88 Å². The highest BCUT2D eigenvalue weighted by Crippen LogP contribution is 2.30. The number of nitrogens with zero attached hydrogens (tertiary/aromatic N) is 1. The highest BCUT2D eigenvalue weighted by atomic mass is 79.9. The molecule has 0 fully saturated rings. The SMILES string of the molecule is Brc1cccnc1Oc1ccc2c(c1)CCC2. The molecular formula is C14H12BrNO. The highest BCUT2D eigenvalue weighted by Gasteiger charge is 2.12. The third-order valence-electron chi connectivity index (χ3n) is 3.01. The summed E-state index contributed by atoms with van der Waals surface area (Å²) in [6.45, 7) is 0. The highest BCUT2D eigenvalue weighted by molar-refractivity contribution is 9.10. The van der Waals surface area contributed by atoms with E-state index < -0.39 is 0 Å². The van der Waals surface area contributed by atoms with E-state index in [1.54, 1.807) is 6.20 Å². The number of fused-ring (bicyclic) bond motifs is 1. The van der Waals surface area contributed by atoms with Crippen LogP contribution in [0.4, 0.5) is 0 Å². The van der Waals surface area contributed by atoms with Gasteiger partial charge >= 0.3 is 0 Å². The average Bonchev–Trinajstić information content (AvgIpc) is 2.79. The van der Waals surface area contributed by atoms with Gasteiger partial charge in [-0.2, -0.15) is 0 Å². The van der Waals surface area contributed by atoms with Crippen LogP contribution >= 0.6 is 15.9 Å². The summed E-state index contributed by atoms with van der Waals surface area (Å²) in [6.07, 6.45) is 5.35. The third-order valence-corrected chi connectivity index (χ3v) is 3.61. The summed E-state index contributed by atoms with van der Waals surface area (Å²) in [6, 6.07) is 10.1. The molecule has 1 heterocycles. The Morgan fingerprint density at radius 3 is 2.88 bits per heavy atom. The van der Waals surface area contributed by atoms with Crippen molar-refractivity contribution in [2.75, 3.05) is 0 Å². The Kier molecular flexibility index (Phi) is 2.85. The molecule has 2 aromatic rings. The second-order valence-electron chi connectivity index (χ2n) is 4.18. The van der Waals surface area contributed by atoms with Gasteiger partial charge in [-0.3, -0.25) is 0 Å². The molecule has 0 atom stereocenters. The molecule has 0 bridgehead atoms. The summed E-state index contributed by atoms with van der Waals surface area (Å²) < 4.78 is 6.65. The fourth-order valence-electron chi connectivity index (χ4n) is 2.17. The van der Waals surface area contributed by atoms with Gasteiger partial charge in [-0.1, -0.05) is 6.07 Å². The number of benzene rings is 1. The second-order valence-corrected chi connectivity index (χ2v) is 5.03. The molecule has 3 heteroatoms. The van der Waals surface area contributed by atoms with Crippen molar-refractivity contribution in [1.82, 2.24) is 4.98 Å². The lowest BCUT2D eigenvalue weighted by Crippen LogP contribution is -1.90. The van der Waals surface area contributed by atoms with E-state index in [0.717, 1.165) is 16.6 Å². The van der Waals surface area contributed by atoms with Crippen LogP contribution in [0.2, 0.25) is 0 Å². The number of aryl methyl sites for hydroxylation is 2. The largest absolute Gasteiger partial charge is 0.438 e. The maximum absolute atomic E-state index is 5.78. The van der Waals surface area contributed by atoms with Gasteiger partial charge in [0.05, 0.1) is 4.47 Å². The molecule has 0 spiro atoms. The summed E-state index contributed by atoms with van der Waals surface area (Å²) in [7, 11) is 0. The van der Waals surface area contributed by atoms with Crippen LogP contribution in [0.3, 0.4) is 0 Å². The van der Waals surface area contributed by atoms with Gasteiger partial charge in [0, 0.05) is 6.20 Å². The monoisotopic (exact) mass is 289 g/mol. The first-order chi connectivity index (χ1) is 8.33. The molecule has 1 aliphatic carbocycles. The van der Waals surface area contributed by atoms with Crippen LogP contribution < -0.4 is 4.74 Å². The lowest BCUT2D eigenvalue weighted by atomic mass is 10.1. The standard InChI is InChI=1S/C14H12BrNO/c15-13-5-2-8-16-14(13)17-12-7-6-10-3-1-4-11(10)9-12/h2,5-9H,1,3-4H2. The zero-order valence-electron chi connectivity index (χ0n) is 9.32. The van der Waals surface area contributed by atoms with E-state index in [9.17, 15) is 0 Å². The zero-order valence-corrected chi connectivity index (χ0v) is 10.9. The van der Waals surface area contributed by atoms with Crippen LogP contribution in [0.5, 0.6) is 11.6 Å². The number of hydrogen-bond donors (Lipinski definition) is 0. The van der Waals surface area contributed by atoms with Crippen LogP contribution in [0.25, 0.3) is 0 Å². The molecule has 1 aliphatic rings. The quantitative estimate of drug-likeness (QED) is 0.829. The Bertz CT molecular complexity index is 554. The van der Waals surface area contributed by atoms with E-state index in [-0.39, 0.29) is 0 Å². The Labute approximate surface area is 109 Å². The minimum atomic E-state index is 0.616. The van der Waals surface area contributed by atoms with Gasteiger partial charge < -0.3 is 4.74 Å². The maximum Gasteiger partial charge on any atom is 0.233 e. The average molecular weight is 290 g/mol. The smallest absolute Gasteiger partial charge is 0.233 e. The van der Waals surface area contributed by atoms with Gasteiger partial charge in [0.1, 0.15) is 5.75 Å². The van der Waals surface area contributed by atoms with Crippen LogP contribution in [0, 0.1) is 0 Å². The number of hydrogen-bond acceptors (Lipinski definition) is 2. The maximum atomic E-state index is 5.78. The van der Waals surface area contributed by atoms with Crippen LogP contribution in [-0.4, -0.2) is 4.98 Å². The Morgan fingerprint density at radius 1 is 1.12 bits per heavy atom. The first-order valence-corrected chi connectivity index (χ1v) is 6.52. The number of aromatic nitrogens is 1. The molecule has 2 nitrogen and oxygen atoms in total. The van der Waals surface area contributed by atoms with Crippen molar-refractivity contribution in [3.8, 4) is 11.6 Å². The van der Waals surface area contributed by atoms with Crippen LogP contribution in [0.1, 0.15) is 17.5 Å². The molecule has 0 N–H and O–H groups in total. The van der Waals surface area contributed by atoms with Gasteiger partial charge in [-0.15, -0.1) is 0 Å². The molecule has 1 aromatic carbocycles. The molecule has 0 saturated carbocycles. The summed E-state index contributed by atoms with van der Waals surface area (Å²) in [5.41, 5.74) is 2.87. The van der Waals surface area contributed by atoms with Crippen molar-refractivity contribution in [1.29, 1.82) is 0 Å². The lowest BCUT2D eigenvalue weighted by Gasteiger charge is -2.07. The topological polar surface area (TPSA) is 22.1 Å².